The summed E-state index contributed by atoms with van der Waals surface area (Å²) >= 11 is 2.09. The van der Waals surface area contributed by atoms with E-state index in [2.05, 4.69) is 33.0 Å². The second-order valence-corrected chi connectivity index (χ2v) is 5.28. The van der Waals surface area contributed by atoms with E-state index < -0.39 is 0 Å². The summed E-state index contributed by atoms with van der Waals surface area (Å²) in [5.41, 5.74) is 3.44. The van der Waals surface area contributed by atoms with Gasteiger partial charge in [0.15, 0.2) is 11.5 Å². The molecule has 0 aliphatic carbocycles. The first-order valence-corrected chi connectivity index (χ1v) is 7.13. The number of hydrazine groups is 1. The Labute approximate surface area is 135 Å². The smallest absolute Gasteiger partial charge is 0.265 e. The van der Waals surface area contributed by atoms with Crippen LogP contribution in [0.3, 0.4) is 0 Å². The number of hydrogen-bond donors (Lipinski definition) is 2. The van der Waals surface area contributed by atoms with Crippen LogP contribution in [0.1, 0.15) is 15.9 Å². The maximum absolute atomic E-state index is 11.6. The third-order valence-electron chi connectivity index (χ3n) is 2.73. The second kappa shape index (κ2) is 7.23. The van der Waals surface area contributed by atoms with Gasteiger partial charge in [-0.2, -0.15) is 0 Å². The van der Waals surface area contributed by atoms with E-state index in [1.165, 1.54) is 7.11 Å². The lowest BCUT2D eigenvalue weighted by Crippen LogP contribution is -2.30. The number of carbonyl (C=O) groups is 1. The van der Waals surface area contributed by atoms with E-state index in [1.54, 1.807) is 24.5 Å². The molecular formula is C14H14IN3O3. The topological polar surface area (TPSA) is 86.5 Å². The third kappa shape index (κ3) is 3.82. The minimum atomic E-state index is -0.384. The van der Waals surface area contributed by atoms with Gasteiger partial charge in [0.25, 0.3) is 5.91 Å². The molecule has 2 rings (SSSR count). The lowest BCUT2D eigenvalue weighted by atomic mass is 10.2. The standard InChI is InChI=1S/C14H14IN3O3/c1-20-12-6-10(14(19)18-16)5-11(15)13(12)21-8-9-3-2-4-17-7-9/h2-7H,8,16H2,1H3,(H,18,19). The molecular weight excluding hydrogens is 385 g/mol. The first kappa shape index (κ1) is 15.5. The zero-order valence-corrected chi connectivity index (χ0v) is 13.5. The Morgan fingerprint density at radius 1 is 1.48 bits per heavy atom. The van der Waals surface area contributed by atoms with Crippen molar-refractivity contribution in [1.82, 2.24) is 10.4 Å². The van der Waals surface area contributed by atoms with Crippen molar-refractivity contribution in [3.05, 3.63) is 51.4 Å². The van der Waals surface area contributed by atoms with Gasteiger partial charge in [-0.25, -0.2) is 5.84 Å². The number of carbonyl (C=O) groups excluding carboxylic acids is 1. The van der Waals surface area contributed by atoms with Gasteiger partial charge in [-0.1, -0.05) is 6.07 Å². The summed E-state index contributed by atoms with van der Waals surface area (Å²) in [4.78, 5) is 15.6. The normalized spacial score (nSPS) is 10.0. The van der Waals surface area contributed by atoms with Crippen LogP contribution in [0.2, 0.25) is 0 Å². The van der Waals surface area contributed by atoms with Crippen LogP contribution in [-0.4, -0.2) is 18.0 Å². The zero-order valence-electron chi connectivity index (χ0n) is 11.3. The second-order valence-electron chi connectivity index (χ2n) is 4.11. The molecule has 3 N–H and O–H groups in total. The summed E-state index contributed by atoms with van der Waals surface area (Å²) in [6.45, 7) is 0.364. The van der Waals surface area contributed by atoms with Crippen molar-refractivity contribution in [1.29, 1.82) is 0 Å². The molecule has 0 aliphatic heterocycles. The van der Waals surface area contributed by atoms with Crippen LogP contribution < -0.4 is 20.7 Å². The number of hydrogen-bond acceptors (Lipinski definition) is 5. The van der Waals surface area contributed by atoms with E-state index in [1.807, 2.05) is 12.1 Å². The van der Waals surface area contributed by atoms with Crippen LogP contribution in [0.25, 0.3) is 0 Å². The third-order valence-corrected chi connectivity index (χ3v) is 3.53. The summed E-state index contributed by atoms with van der Waals surface area (Å²) in [6, 6.07) is 7.03. The van der Waals surface area contributed by atoms with Gasteiger partial charge < -0.3 is 9.47 Å². The molecule has 21 heavy (non-hydrogen) atoms. The molecule has 0 aliphatic rings. The number of nitrogen functional groups attached to an aromatic ring is 1. The number of rotatable bonds is 5. The van der Waals surface area contributed by atoms with Crippen molar-refractivity contribution < 1.29 is 14.3 Å². The number of nitrogens with two attached hydrogens (primary N) is 1. The highest BCUT2D eigenvalue weighted by atomic mass is 127. The van der Waals surface area contributed by atoms with Crippen molar-refractivity contribution in [3.63, 3.8) is 0 Å². The predicted octanol–water partition coefficient (Wildman–Crippen LogP) is 1.88. The highest BCUT2D eigenvalue weighted by Crippen LogP contribution is 2.34. The van der Waals surface area contributed by atoms with Gasteiger partial charge in [-0.3, -0.25) is 15.2 Å². The quantitative estimate of drug-likeness (QED) is 0.347. The molecule has 0 bridgehead atoms. The average molecular weight is 399 g/mol. The molecule has 0 atom stereocenters. The molecule has 1 heterocycles. The lowest BCUT2D eigenvalue weighted by Gasteiger charge is -2.14. The zero-order chi connectivity index (χ0) is 15.2. The van der Waals surface area contributed by atoms with Crippen molar-refractivity contribution >= 4 is 28.5 Å². The molecule has 110 valence electrons. The number of aromatic nitrogens is 1. The van der Waals surface area contributed by atoms with Crippen molar-refractivity contribution in [2.24, 2.45) is 5.84 Å². The number of pyridine rings is 1. The minimum absolute atomic E-state index is 0.364. The number of nitrogens with zero attached hydrogens (tertiary/aromatic N) is 1. The molecule has 0 unspecified atom stereocenters. The number of methoxy groups -OCH3 is 1. The van der Waals surface area contributed by atoms with E-state index in [0.717, 1.165) is 9.13 Å². The van der Waals surface area contributed by atoms with Gasteiger partial charge in [-0.05, 0) is 40.8 Å². The maximum Gasteiger partial charge on any atom is 0.265 e. The molecule has 0 saturated carbocycles. The molecule has 1 aromatic carbocycles. The van der Waals surface area contributed by atoms with E-state index in [0.29, 0.717) is 23.7 Å². The minimum Gasteiger partial charge on any atom is -0.493 e. The first-order chi connectivity index (χ1) is 10.2. The van der Waals surface area contributed by atoms with Gasteiger partial charge in [0.2, 0.25) is 0 Å². The van der Waals surface area contributed by atoms with Crippen LogP contribution in [0.15, 0.2) is 36.7 Å². The van der Waals surface area contributed by atoms with Crippen molar-refractivity contribution in [2.45, 2.75) is 6.61 Å². The largest absolute Gasteiger partial charge is 0.493 e. The fourth-order valence-corrected chi connectivity index (χ4v) is 2.47. The number of amides is 1. The van der Waals surface area contributed by atoms with Gasteiger partial charge in [0.1, 0.15) is 6.61 Å². The highest BCUT2D eigenvalue weighted by Gasteiger charge is 2.15. The lowest BCUT2D eigenvalue weighted by molar-refractivity contribution is 0.0953. The molecule has 0 radical (unpaired) electrons. The molecule has 1 aromatic heterocycles. The van der Waals surface area contributed by atoms with Crippen LogP contribution in [-0.2, 0) is 6.61 Å². The Balaban J connectivity index is 2.24. The molecule has 2 aromatic rings. The van der Waals surface area contributed by atoms with E-state index in [4.69, 9.17) is 15.3 Å². The fraction of sp³-hybridized carbons (Fsp3) is 0.143. The van der Waals surface area contributed by atoms with E-state index in [9.17, 15) is 4.79 Å². The molecule has 0 spiro atoms. The van der Waals surface area contributed by atoms with Gasteiger partial charge >= 0.3 is 0 Å². The number of halogens is 1. The van der Waals surface area contributed by atoms with E-state index in [-0.39, 0.29) is 5.91 Å². The van der Waals surface area contributed by atoms with Crippen LogP contribution in [0.5, 0.6) is 11.5 Å². The molecule has 7 heteroatoms. The van der Waals surface area contributed by atoms with Crippen molar-refractivity contribution in [2.75, 3.05) is 7.11 Å². The summed E-state index contributed by atoms with van der Waals surface area (Å²) < 4.78 is 11.8. The van der Waals surface area contributed by atoms with Crippen LogP contribution in [0.4, 0.5) is 0 Å². The van der Waals surface area contributed by atoms with E-state index >= 15 is 0 Å². The Morgan fingerprint density at radius 2 is 2.29 bits per heavy atom. The molecule has 0 saturated heterocycles. The van der Waals surface area contributed by atoms with Crippen LogP contribution >= 0.6 is 22.6 Å². The summed E-state index contributed by atoms with van der Waals surface area (Å²) in [5.74, 6) is 5.81. The fourth-order valence-electron chi connectivity index (χ4n) is 1.71. The molecule has 1 amide bonds. The number of benzene rings is 1. The molecule has 0 fully saturated rings. The van der Waals surface area contributed by atoms with Crippen LogP contribution in [0, 0.1) is 3.57 Å². The Kier molecular flexibility index (Phi) is 5.34. The summed E-state index contributed by atoms with van der Waals surface area (Å²) in [6.07, 6.45) is 3.43. The van der Waals surface area contributed by atoms with Gasteiger partial charge in [0.05, 0.1) is 10.7 Å². The number of nitrogens with one attached hydrogen (secondary N) is 1. The summed E-state index contributed by atoms with van der Waals surface area (Å²) in [7, 11) is 1.52. The van der Waals surface area contributed by atoms with Gasteiger partial charge in [-0.15, -0.1) is 0 Å². The number of ether oxygens (including phenoxy) is 2. The molecule has 6 nitrogen and oxygen atoms in total. The average Bonchev–Trinajstić information content (AvgIpc) is 2.53. The van der Waals surface area contributed by atoms with Gasteiger partial charge in [0, 0.05) is 23.5 Å². The SMILES string of the molecule is COc1cc(C(=O)NN)cc(I)c1OCc1cccnc1. The maximum atomic E-state index is 11.6. The summed E-state index contributed by atoms with van der Waals surface area (Å²) in [5, 5.41) is 0. The Morgan fingerprint density at radius 3 is 2.90 bits per heavy atom. The Bertz CT molecular complexity index is 635. The highest BCUT2D eigenvalue weighted by molar-refractivity contribution is 14.1. The first-order valence-electron chi connectivity index (χ1n) is 6.06. The van der Waals surface area contributed by atoms with Crippen molar-refractivity contribution in [3.8, 4) is 11.5 Å². The predicted molar refractivity (Wildman–Crippen MR) is 85.9 cm³/mol. The Hall–Kier alpha value is -1.87. The monoisotopic (exact) mass is 399 g/mol.